The number of urea groups is 1. The SMILES string of the molecule is COc1cccc(CCC2=C(C(=O)OCc3ccccc3)C(c3ccccc3)NC(=O)N2)c1. The lowest BCUT2D eigenvalue weighted by molar-refractivity contribution is -0.140. The van der Waals surface area contributed by atoms with Crippen molar-refractivity contribution >= 4 is 12.0 Å². The molecule has 3 aromatic rings. The average Bonchev–Trinajstić information content (AvgIpc) is 2.87. The minimum Gasteiger partial charge on any atom is -0.497 e. The normalized spacial score (nSPS) is 15.4. The van der Waals surface area contributed by atoms with Crippen LogP contribution in [0.5, 0.6) is 5.75 Å². The minimum atomic E-state index is -0.594. The predicted octanol–water partition coefficient (Wildman–Crippen LogP) is 4.68. The Labute approximate surface area is 193 Å². The zero-order valence-corrected chi connectivity index (χ0v) is 18.4. The second-order valence-corrected chi connectivity index (χ2v) is 7.75. The maximum absolute atomic E-state index is 13.3. The fourth-order valence-electron chi connectivity index (χ4n) is 3.85. The number of carbonyl (C=O) groups excluding carboxylic acids is 2. The van der Waals surface area contributed by atoms with Gasteiger partial charge in [-0.15, -0.1) is 0 Å². The summed E-state index contributed by atoms with van der Waals surface area (Å²) in [7, 11) is 1.62. The van der Waals surface area contributed by atoms with Crippen molar-refractivity contribution in [2.45, 2.75) is 25.5 Å². The number of aryl methyl sites for hydroxylation is 1. The van der Waals surface area contributed by atoms with Gasteiger partial charge in [-0.1, -0.05) is 72.8 Å². The number of hydrogen-bond donors (Lipinski definition) is 2. The third-order valence-corrected chi connectivity index (χ3v) is 5.52. The van der Waals surface area contributed by atoms with Gasteiger partial charge >= 0.3 is 12.0 Å². The fraction of sp³-hybridized carbons (Fsp3) is 0.185. The van der Waals surface area contributed by atoms with Gasteiger partial charge in [0.1, 0.15) is 12.4 Å². The van der Waals surface area contributed by atoms with Gasteiger partial charge in [-0.2, -0.15) is 0 Å². The van der Waals surface area contributed by atoms with Crippen molar-refractivity contribution < 1.29 is 19.1 Å². The van der Waals surface area contributed by atoms with Crippen molar-refractivity contribution in [2.75, 3.05) is 7.11 Å². The molecule has 2 N–H and O–H groups in total. The second-order valence-electron chi connectivity index (χ2n) is 7.75. The molecule has 0 bridgehead atoms. The number of carbonyl (C=O) groups is 2. The lowest BCUT2D eigenvalue weighted by Gasteiger charge is -2.29. The topological polar surface area (TPSA) is 76.7 Å². The fourth-order valence-corrected chi connectivity index (χ4v) is 3.85. The number of allylic oxidation sites excluding steroid dienone is 1. The summed E-state index contributed by atoms with van der Waals surface area (Å²) in [6.45, 7) is 0.155. The molecule has 0 saturated carbocycles. The Bertz CT molecular complexity index is 1140. The molecule has 1 aliphatic heterocycles. The highest BCUT2D eigenvalue weighted by molar-refractivity contribution is 5.95. The van der Waals surface area contributed by atoms with Gasteiger partial charge in [-0.05, 0) is 41.7 Å². The zero-order chi connectivity index (χ0) is 23.0. The van der Waals surface area contributed by atoms with E-state index in [4.69, 9.17) is 9.47 Å². The monoisotopic (exact) mass is 442 g/mol. The summed E-state index contributed by atoms with van der Waals surface area (Å²) in [5, 5.41) is 5.72. The number of hydrogen-bond acceptors (Lipinski definition) is 4. The molecule has 0 spiro atoms. The molecule has 33 heavy (non-hydrogen) atoms. The first-order valence-corrected chi connectivity index (χ1v) is 10.8. The highest BCUT2D eigenvalue weighted by Crippen LogP contribution is 2.30. The van der Waals surface area contributed by atoms with Gasteiger partial charge < -0.3 is 20.1 Å². The van der Waals surface area contributed by atoms with Gasteiger partial charge in [0.05, 0.1) is 18.7 Å². The van der Waals surface area contributed by atoms with Crippen LogP contribution in [0.3, 0.4) is 0 Å². The van der Waals surface area contributed by atoms with E-state index in [9.17, 15) is 9.59 Å². The van der Waals surface area contributed by atoms with Crippen molar-refractivity contribution in [1.82, 2.24) is 10.6 Å². The van der Waals surface area contributed by atoms with Gasteiger partial charge in [0.25, 0.3) is 0 Å². The van der Waals surface area contributed by atoms with E-state index in [-0.39, 0.29) is 12.6 Å². The first-order chi connectivity index (χ1) is 16.1. The Kier molecular flexibility index (Phi) is 7.05. The molecule has 6 heteroatoms. The van der Waals surface area contributed by atoms with Crippen molar-refractivity contribution in [3.05, 3.63) is 113 Å². The van der Waals surface area contributed by atoms with Gasteiger partial charge in [0.2, 0.25) is 0 Å². The van der Waals surface area contributed by atoms with E-state index in [0.717, 1.165) is 22.4 Å². The number of benzene rings is 3. The summed E-state index contributed by atoms with van der Waals surface area (Å²) in [6, 6.07) is 25.8. The molecule has 0 aliphatic carbocycles. The van der Waals surface area contributed by atoms with Crippen LogP contribution in [0.1, 0.15) is 29.2 Å². The van der Waals surface area contributed by atoms with Gasteiger partial charge in [0.15, 0.2) is 0 Å². The quantitative estimate of drug-likeness (QED) is 0.497. The van der Waals surface area contributed by atoms with Gasteiger partial charge in [-0.3, -0.25) is 0 Å². The number of amides is 2. The first-order valence-electron chi connectivity index (χ1n) is 10.8. The first kappa shape index (κ1) is 22.1. The minimum absolute atomic E-state index is 0.155. The van der Waals surface area contributed by atoms with E-state index in [1.165, 1.54) is 0 Å². The summed E-state index contributed by atoms with van der Waals surface area (Å²) in [5.41, 5.74) is 3.74. The van der Waals surface area contributed by atoms with E-state index >= 15 is 0 Å². The summed E-state index contributed by atoms with van der Waals surface area (Å²) in [6.07, 6.45) is 1.10. The standard InChI is InChI=1S/C27H26N2O4/c1-32-22-14-8-11-19(17-22)15-16-23-24(26(30)33-18-20-9-4-2-5-10-20)25(29-27(31)28-23)21-12-6-3-7-13-21/h2-14,17,25H,15-16,18H2,1H3,(H2,28,29,31). The molecule has 0 saturated heterocycles. The number of methoxy groups -OCH3 is 1. The van der Waals surface area contributed by atoms with Crippen LogP contribution in [-0.2, 0) is 22.6 Å². The number of esters is 1. The molecule has 4 rings (SSSR count). The molecular formula is C27H26N2O4. The maximum atomic E-state index is 13.3. The Hall–Kier alpha value is -4.06. The third kappa shape index (κ3) is 5.60. The van der Waals surface area contributed by atoms with Crippen LogP contribution >= 0.6 is 0 Å². The Morgan fingerprint density at radius 3 is 2.30 bits per heavy atom. The Balaban J connectivity index is 1.63. The third-order valence-electron chi connectivity index (χ3n) is 5.52. The number of rotatable bonds is 8. The van der Waals surface area contributed by atoms with Crippen LogP contribution in [-0.4, -0.2) is 19.1 Å². The lowest BCUT2D eigenvalue weighted by Crippen LogP contribution is -2.46. The van der Waals surface area contributed by atoms with Crippen LogP contribution in [0.25, 0.3) is 0 Å². The maximum Gasteiger partial charge on any atom is 0.338 e. The van der Waals surface area contributed by atoms with Crippen molar-refractivity contribution in [2.24, 2.45) is 0 Å². The zero-order valence-electron chi connectivity index (χ0n) is 18.4. The van der Waals surface area contributed by atoms with Crippen LogP contribution in [0.2, 0.25) is 0 Å². The van der Waals surface area contributed by atoms with Crippen LogP contribution in [0, 0.1) is 0 Å². The summed E-state index contributed by atoms with van der Waals surface area (Å²) in [5.74, 6) is 0.307. The van der Waals surface area contributed by atoms with Crippen molar-refractivity contribution in [3.8, 4) is 5.75 Å². The van der Waals surface area contributed by atoms with Gasteiger partial charge in [-0.25, -0.2) is 9.59 Å². The molecule has 0 aromatic heterocycles. The number of ether oxygens (including phenoxy) is 2. The van der Waals surface area contributed by atoms with E-state index < -0.39 is 12.0 Å². The predicted molar refractivity (Wildman–Crippen MR) is 125 cm³/mol. The van der Waals surface area contributed by atoms with E-state index in [2.05, 4.69) is 10.6 Å². The van der Waals surface area contributed by atoms with Crippen LogP contribution < -0.4 is 15.4 Å². The molecule has 168 valence electrons. The Morgan fingerprint density at radius 2 is 1.58 bits per heavy atom. The smallest absolute Gasteiger partial charge is 0.338 e. The highest BCUT2D eigenvalue weighted by Gasteiger charge is 2.33. The van der Waals surface area contributed by atoms with E-state index in [1.54, 1.807) is 7.11 Å². The molecule has 1 aliphatic rings. The summed E-state index contributed by atoms with van der Waals surface area (Å²) in [4.78, 5) is 25.8. The molecule has 0 radical (unpaired) electrons. The summed E-state index contributed by atoms with van der Waals surface area (Å²) < 4.78 is 11.0. The van der Waals surface area contributed by atoms with E-state index in [0.29, 0.717) is 24.1 Å². The molecule has 1 heterocycles. The highest BCUT2D eigenvalue weighted by atomic mass is 16.5. The molecule has 6 nitrogen and oxygen atoms in total. The second kappa shape index (κ2) is 10.5. The van der Waals surface area contributed by atoms with Crippen molar-refractivity contribution in [3.63, 3.8) is 0 Å². The van der Waals surface area contributed by atoms with Gasteiger partial charge in [0, 0.05) is 5.70 Å². The largest absolute Gasteiger partial charge is 0.497 e. The average molecular weight is 443 g/mol. The molecular weight excluding hydrogens is 416 g/mol. The molecule has 3 aromatic carbocycles. The molecule has 1 unspecified atom stereocenters. The molecule has 0 fully saturated rings. The summed E-state index contributed by atoms with van der Waals surface area (Å²) >= 11 is 0. The molecule has 1 atom stereocenters. The van der Waals surface area contributed by atoms with E-state index in [1.807, 2.05) is 84.9 Å². The molecule has 2 amide bonds. The van der Waals surface area contributed by atoms with Crippen molar-refractivity contribution in [1.29, 1.82) is 0 Å². The van der Waals surface area contributed by atoms with Crippen LogP contribution in [0.4, 0.5) is 4.79 Å². The number of nitrogens with one attached hydrogen (secondary N) is 2. The Morgan fingerprint density at radius 1 is 0.879 bits per heavy atom. The lowest BCUT2D eigenvalue weighted by atomic mass is 9.93. The van der Waals surface area contributed by atoms with Crippen LogP contribution in [0.15, 0.2) is 96.2 Å².